The average Bonchev–Trinajstić information content (AvgIpc) is 3.10. The maximum absolute atomic E-state index is 5.51. The van der Waals surface area contributed by atoms with E-state index in [2.05, 4.69) is 104 Å². The van der Waals surface area contributed by atoms with E-state index in [9.17, 15) is 0 Å². The van der Waals surface area contributed by atoms with Crippen LogP contribution in [0.25, 0.3) is 10.9 Å². The zero-order chi connectivity index (χ0) is 19.4. The Morgan fingerprint density at radius 3 is 1.75 bits per heavy atom. The molecule has 2 bridgehead atoms. The summed E-state index contributed by atoms with van der Waals surface area (Å²) >= 11 is 5.51. The standard InChI is InChI=1S/C26H23PS/c1-19-24(21-14-8-4-9-15-21)27(28)18-26(19,2)23(20-12-6-3-7-13-20)25(27)22-16-10-5-11-17-22/h3-17,28H,1,18H2,2H3. The molecule has 0 aromatic heterocycles. The zero-order valence-corrected chi connectivity index (χ0v) is 17.8. The van der Waals surface area contributed by atoms with Crippen LogP contribution in [0.3, 0.4) is 0 Å². The van der Waals surface area contributed by atoms with Gasteiger partial charge >= 0.3 is 0 Å². The number of benzene rings is 3. The molecule has 3 aromatic carbocycles. The molecule has 2 aliphatic rings. The molecule has 0 N–H and O–H groups in total. The van der Waals surface area contributed by atoms with Crippen LogP contribution in [-0.2, 0) is 0 Å². The quantitative estimate of drug-likeness (QED) is 0.349. The lowest BCUT2D eigenvalue weighted by atomic mass is 9.72. The van der Waals surface area contributed by atoms with E-state index in [1.54, 1.807) is 0 Å². The first-order valence-corrected chi connectivity index (χ1v) is 12.8. The van der Waals surface area contributed by atoms with Crippen LogP contribution in [0.1, 0.15) is 23.6 Å². The summed E-state index contributed by atoms with van der Waals surface area (Å²) in [5, 5.41) is 2.83. The number of thiol groups is 1. The highest BCUT2D eigenvalue weighted by molar-refractivity contribution is 8.56. The second-order valence-corrected chi connectivity index (χ2v) is 12.7. The van der Waals surface area contributed by atoms with Crippen LogP contribution in [0.15, 0.2) is 103 Å². The van der Waals surface area contributed by atoms with Crippen LogP contribution in [-0.4, -0.2) is 11.5 Å². The molecule has 2 heterocycles. The van der Waals surface area contributed by atoms with Gasteiger partial charge in [0.05, 0.1) is 0 Å². The van der Waals surface area contributed by atoms with Crippen LogP contribution >= 0.6 is 18.3 Å². The molecule has 0 fully saturated rings. The van der Waals surface area contributed by atoms with E-state index < -0.39 is 6.09 Å². The number of fused-ring (bicyclic) bond motifs is 2. The minimum absolute atomic E-state index is 0.0762. The lowest BCUT2D eigenvalue weighted by Gasteiger charge is -2.32. The molecule has 28 heavy (non-hydrogen) atoms. The van der Waals surface area contributed by atoms with Crippen LogP contribution < -0.4 is 0 Å². The Morgan fingerprint density at radius 2 is 1.21 bits per heavy atom. The number of rotatable bonds is 3. The normalized spacial score (nSPS) is 26.2. The van der Waals surface area contributed by atoms with Gasteiger partial charge < -0.3 is 0 Å². The fourth-order valence-corrected chi connectivity index (χ4v) is 11.6. The summed E-state index contributed by atoms with van der Waals surface area (Å²) in [7, 11) is 0. The first-order valence-electron chi connectivity index (χ1n) is 9.65. The highest BCUT2D eigenvalue weighted by Crippen LogP contribution is 2.82. The van der Waals surface area contributed by atoms with Gasteiger partial charge in [-0.05, 0) is 50.7 Å². The number of hydrogen-bond acceptors (Lipinski definition) is 1. The Hall–Kier alpha value is -2.21. The molecule has 5 rings (SSSR count). The summed E-state index contributed by atoms with van der Waals surface area (Å²) in [5.41, 5.74) is 6.48. The smallest absolute Gasteiger partial charge is 0.0237 e. The molecule has 2 atom stereocenters. The molecule has 2 aliphatic heterocycles. The SMILES string of the molecule is C=C1C(c2ccccc2)=P2(S)CC1(C)C(c1ccccc1)=C2c1ccccc1. The lowest BCUT2D eigenvalue weighted by molar-refractivity contribution is 0.656. The Labute approximate surface area is 172 Å². The molecule has 0 nitrogen and oxygen atoms in total. The van der Waals surface area contributed by atoms with Gasteiger partial charge in [-0.3, -0.25) is 0 Å². The van der Waals surface area contributed by atoms with E-state index in [0.29, 0.717) is 0 Å². The highest BCUT2D eigenvalue weighted by Gasteiger charge is 2.55. The third kappa shape index (κ3) is 2.40. The van der Waals surface area contributed by atoms with Crippen molar-refractivity contribution in [2.75, 3.05) is 6.16 Å². The summed E-state index contributed by atoms with van der Waals surface area (Å²) in [5.74, 6) is 0. The van der Waals surface area contributed by atoms with Crippen LogP contribution in [0.4, 0.5) is 0 Å². The van der Waals surface area contributed by atoms with Crippen LogP contribution in [0, 0.1) is 5.41 Å². The van der Waals surface area contributed by atoms with E-state index in [-0.39, 0.29) is 5.41 Å². The average molecular weight is 399 g/mol. The Morgan fingerprint density at radius 1 is 0.750 bits per heavy atom. The highest BCUT2D eigenvalue weighted by atomic mass is 32.7. The van der Waals surface area contributed by atoms with Crippen molar-refractivity contribution in [3.63, 3.8) is 0 Å². The zero-order valence-electron chi connectivity index (χ0n) is 16.0. The molecular weight excluding hydrogens is 375 g/mol. The van der Waals surface area contributed by atoms with E-state index in [0.717, 1.165) is 6.16 Å². The summed E-state index contributed by atoms with van der Waals surface area (Å²) in [6.07, 6.45) is -0.787. The van der Waals surface area contributed by atoms with Gasteiger partial charge in [0.2, 0.25) is 0 Å². The van der Waals surface area contributed by atoms with Crippen molar-refractivity contribution < 1.29 is 0 Å². The molecule has 2 unspecified atom stereocenters. The van der Waals surface area contributed by atoms with Crippen molar-refractivity contribution in [1.82, 2.24) is 0 Å². The van der Waals surface area contributed by atoms with Gasteiger partial charge in [0, 0.05) is 5.41 Å². The molecule has 0 saturated carbocycles. The van der Waals surface area contributed by atoms with Crippen molar-refractivity contribution in [2.24, 2.45) is 5.41 Å². The molecule has 0 aliphatic carbocycles. The van der Waals surface area contributed by atoms with E-state index in [1.165, 1.54) is 38.4 Å². The molecule has 2 heteroatoms. The van der Waals surface area contributed by atoms with Crippen LogP contribution in [0.5, 0.6) is 0 Å². The van der Waals surface area contributed by atoms with Gasteiger partial charge in [0.25, 0.3) is 0 Å². The predicted molar refractivity (Wildman–Crippen MR) is 128 cm³/mol. The molecule has 0 spiro atoms. The van der Waals surface area contributed by atoms with E-state index in [1.807, 2.05) is 0 Å². The van der Waals surface area contributed by atoms with Gasteiger partial charge in [-0.15, -0.1) is 12.2 Å². The summed E-state index contributed by atoms with van der Waals surface area (Å²) in [6, 6.07) is 32.4. The largest absolute Gasteiger partial charge is 0.147 e. The molecule has 0 saturated heterocycles. The summed E-state index contributed by atoms with van der Waals surface area (Å²) in [6.45, 7) is 6.99. The van der Waals surface area contributed by atoms with Crippen molar-refractivity contribution in [3.8, 4) is 0 Å². The second kappa shape index (κ2) is 6.41. The summed E-state index contributed by atoms with van der Waals surface area (Å²) < 4.78 is 0. The molecule has 3 aromatic rings. The monoisotopic (exact) mass is 398 g/mol. The number of hydrogen-bond donors (Lipinski definition) is 1. The minimum Gasteiger partial charge on any atom is -0.147 e. The van der Waals surface area contributed by atoms with Gasteiger partial charge in [-0.25, -0.2) is 0 Å². The molecule has 0 radical (unpaired) electrons. The lowest BCUT2D eigenvalue weighted by Crippen LogP contribution is -2.23. The van der Waals surface area contributed by atoms with Gasteiger partial charge in [-0.2, -0.15) is 0 Å². The Bertz CT molecular complexity index is 1160. The second-order valence-electron chi connectivity index (χ2n) is 7.91. The topological polar surface area (TPSA) is 0 Å². The predicted octanol–water partition coefficient (Wildman–Crippen LogP) is 7.23. The third-order valence-corrected chi connectivity index (χ3v) is 11.4. The summed E-state index contributed by atoms with van der Waals surface area (Å²) in [4.78, 5) is 0. The molecule has 138 valence electrons. The van der Waals surface area contributed by atoms with Crippen molar-refractivity contribution in [2.45, 2.75) is 6.92 Å². The van der Waals surface area contributed by atoms with Crippen molar-refractivity contribution >= 4 is 34.5 Å². The number of allylic oxidation sites excluding steroid dienone is 2. The van der Waals surface area contributed by atoms with Crippen molar-refractivity contribution in [1.29, 1.82) is 0 Å². The molecule has 0 amide bonds. The maximum atomic E-state index is 5.51. The van der Waals surface area contributed by atoms with Gasteiger partial charge in [0.1, 0.15) is 0 Å². The van der Waals surface area contributed by atoms with Crippen LogP contribution in [0.2, 0.25) is 0 Å². The van der Waals surface area contributed by atoms with E-state index in [4.69, 9.17) is 12.2 Å². The Kier molecular flexibility index (Phi) is 4.09. The minimum atomic E-state index is -1.84. The first-order chi connectivity index (χ1) is 13.6. The fraction of sp³-hybridized carbons (Fsp3) is 0.115. The fourth-order valence-electron chi connectivity index (χ4n) is 4.98. The first kappa shape index (κ1) is 17.9. The van der Waals surface area contributed by atoms with Gasteiger partial charge in [0.15, 0.2) is 0 Å². The van der Waals surface area contributed by atoms with E-state index >= 15 is 0 Å². The maximum Gasteiger partial charge on any atom is 0.0237 e. The molecular formula is C26H23PS. The third-order valence-electron chi connectivity index (χ3n) is 6.18. The Balaban J connectivity index is 1.91. The van der Waals surface area contributed by atoms with Gasteiger partial charge in [-0.1, -0.05) is 104 Å². The van der Waals surface area contributed by atoms with Crippen molar-refractivity contribution in [3.05, 3.63) is 120 Å².